The van der Waals surface area contributed by atoms with Crippen LogP contribution in [0.3, 0.4) is 0 Å². The SMILES string of the molecule is O=C(CCSc1ccccc1)OCC1CO1. The second-order valence-electron chi connectivity index (χ2n) is 3.55. The second-order valence-corrected chi connectivity index (χ2v) is 4.72. The number of thioether (sulfide) groups is 1. The smallest absolute Gasteiger partial charge is 0.306 e. The molecule has 3 nitrogen and oxygen atoms in total. The van der Waals surface area contributed by atoms with Gasteiger partial charge in [-0.3, -0.25) is 4.79 Å². The van der Waals surface area contributed by atoms with Gasteiger partial charge in [0.15, 0.2) is 0 Å². The Kier molecular flexibility index (Phi) is 4.25. The second kappa shape index (κ2) is 5.92. The molecule has 1 aliphatic heterocycles. The number of hydrogen-bond donors (Lipinski definition) is 0. The molecule has 1 aromatic carbocycles. The molecule has 4 heteroatoms. The first-order valence-electron chi connectivity index (χ1n) is 5.29. The first kappa shape index (κ1) is 11.5. The van der Waals surface area contributed by atoms with Gasteiger partial charge in [-0.1, -0.05) is 18.2 Å². The Morgan fingerprint density at radius 2 is 2.19 bits per heavy atom. The molecule has 86 valence electrons. The third kappa shape index (κ3) is 4.24. The Morgan fingerprint density at radius 1 is 1.44 bits per heavy atom. The number of hydrogen-bond acceptors (Lipinski definition) is 4. The van der Waals surface area contributed by atoms with Crippen molar-refractivity contribution in [2.45, 2.75) is 17.4 Å². The fourth-order valence-electron chi connectivity index (χ4n) is 1.19. The number of ether oxygens (including phenoxy) is 2. The highest BCUT2D eigenvalue weighted by Gasteiger charge is 2.23. The first-order chi connectivity index (χ1) is 7.84. The highest BCUT2D eigenvalue weighted by molar-refractivity contribution is 7.99. The van der Waals surface area contributed by atoms with E-state index in [2.05, 4.69) is 0 Å². The van der Waals surface area contributed by atoms with E-state index in [1.807, 2.05) is 30.3 Å². The van der Waals surface area contributed by atoms with E-state index in [-0.39, 0.29) is 12.1 Å². The summed E-state index contributed by atoms with van der Waals surface area (Å²) in [6.07, 6.45) is 0.609. The molecule has 0 amide bonds. The predicted molar refractivity (Wildman–Crippen MR) is 62.5 cm³/mol. The zero-order chi connectivity index (χ0) is 11.2. The molecule has 0 aromatic heterocycles. The Morgan fingerprint density at radius 3 is 2.88 bits per heavy atom. The molecule has 16 heavy (non-hydrogen) atoms. The summed E-state index contributed by atoms with van der Waals surface area (Å²) in [5.74, 6) is 0.618. The number of esters is 1. The van der Waals surface area contributed by atoms with Crippen molar-refractivity contribution in [3.63, 3.8) is 0 Å². The topological polar surface area (TPSA) is 38.8 Å². The van der Waals surface area contributed by atoms with Gasteiger partial charge in [-0.2, -0.15) is 0 Å². The van der Waals surface area contributed by atoms with Crippen LogP contribution in [0.4, 0.5) is 0 Å². The van der Waals surface area contributed by atoms with E-state index in [0.29, 0.717) is 13.0 Å². The number of benzene rings is 1. The summed E-state index contributed by atoms with van der Waals surface area (Å²) in [5.41, 5.74) is 0. The van der Waals surface area contributed by atoms with E-state index in [4.69, 9.17) is 9.47 Å². The van der Waals surface area contributed by atoms with Crippen LogP contribution in [0.25, 0.3) is 0 Å². The Bertz CT molecular complexity index is 335. The van der Waals surface area contributed by atoms with Crippen molar-refractivity contribution in [3.05, 3.63) is 30.3 Å². The molecule has 0 aliphatic carbocycles. The molecular weight excluding hydrogens is 224 g/mol. The lowest BCUT2D eigenvalue weighted by Crippen LogP contribution is -2.10. The molecule has 1 saturated heterocycles. The number of carbonyl (C=O) groups excluding carboxylic acids is 1. The van der Waals surface area contributed by atoms with E-state index >= 15 is 0 Å². The molecule has 0 N–H and O–H groups in total. The minimum atomic E-state index is -0.140. The first-order valence-corrected chi connectivity index (χ1v) is 6.28. The third-order valence-corrected chi connectivity index (χ3v) is 3.16. The normalized spacial score (nSPS) is 18.1. The van der Waals surface area contributed by atoms with Crippen LogP contribution in [-0.4, -0.2) is 31.0 Å². The highest BCUT2D eigenvalue weighted by atomic mass is 32.2. The van der Waals surface area contributed by atoms with E-state index < -0.39 is 0 Å². The van der Waals surface area contributed by atoms with Crippen LogP contribution in [0.15, 0.2) is 35.2 Å². The Hall–Kier alpha value is -1.00. The van der Waals surface area contributed by atoms with Crippen LogP contribution >= 0.6 is 11.8 Å². The fourth-order valence-corrected chi connectivity index (χ4v) is 2.05. The van der Waals surface area contributed by atoms with Crippen molar-refractivity contribution in [1.29, 1.82) is 0 Å². The van der Waals surface area contributed by atoms with Crippen molar-refractivity contribution in [2.75, 3.05) is 19.0 Å². The maximum Gasteiger partial charge on any atom is 0.306 e. The molecule has 1 atom stereocenters. The standard InChI is InChI=1S/C12H14O3S/c13-12(15-9-10-8-14-10)6-7-16-11-4-2-1-3-5-11/h1-5,10H,6-9H2. The van der Waals surface area contributed by atoms with E-state index in [9.17, 15) is 4.79 Å². The number of carbonyl (C=O) groups is 1. The minimum absolute atomic E-state index is 0.140. The molecule has 0 bridgehead atoms. The maximum absolute atomic E-state index is 11.3. The summed E-state index contributed by atoms with van der Waals surface area (Å²) in [6, 6.07) is 10.0. The highest BCUT2D eigenvalue weighted by Crippen LogP contribution is 2.18. The molecule has 0 spiro atoms. The average molecular weight is 238 g/mol. The molecular formula is C12H14O3S. The van der Waals surface area contributed by atoms with Crippen LogP contribution in [0.2, 0.25) is 0 Å². The monoisotopic (exact) mass is 238 g/mol. The maximum atomic E-state index is 11.3. The summed E-state index contributed by atoms with van der Waals surface area (Å²) in [4.78, 5) is 12.5. The van der Waals surface area contributed by atoms with Crippen LogP contribution in [0.5, 0.6) is 0 Å². The lowest BCUT2D eigenvalue weighted by molar-refractivity contribution is -0.143. The quantitative estimate of drug-likeness (QED) is 0.432. The third-order valence-electron chi connectivity index (χ3n) is 2.15. The molecule has 1 unspecified atom stereocenters. The molecule has 1 fully saturated rings. The van der Waals surface area contributed by atoms with Crippen molar-refractivity contribution >= 4 is 17.7 Å². The largest absolute Gasteiger partial charge is 0.463 e. The molecule has 1 aromatic rings. The van der Waals surface area contributed by atoms with Gasteiger partial charge in [0.2, 0.25) is 0 Å². The van der Waals surface area contributed by atoms with Gasteiger partial charge >= 0.3 is 5.97 Å². The van der Waals surface area contributed by atoms with Crippen molar-refractivity contribution < 1.29 is 14.3 Å². The summed E-state index contributed by atoms with van der Waals surface area (Å²) in [6.45, 7) is 1.14. The van der Waals surface area contributed by atoms with Gasteiger partial charge in [-0.15, -0.1) is 11.8 Å². The summed E-state index contributed by atoms with van der Waals surface area (Å²) in [5, 5.41) is 0. The summed E-state index contributed by atoms with van der Waals surface area (Å²) in [7, 11) is 0. The van der Waals surface area contributed by atoms with Gasteiger partial charge in [0, 0.05) is 10.6 Å². The van der Waals surface area contributed by atoms with Crippen molar-refractivity contribution in [3.8, 4) is 0 Å². The van der Waals surface area contributed by atoms with Gasteiger partial charge in [0.25, 0.3) is 0 Å². The molecule has 1 heterocycles. The van der Waals surface area contributed by atoms with Crippen LogP contribution in [0.1, 0.15) is 6.42 Å². The predicted octanol–water partition coefficient (Wildman–Crippen LogP) is 2.11. The van der Waals surface area contributed by atoms with E-state index in [1.54, 1.807) is 11.8 Å². The molecule has 1 aliphatic rings. The zero-order valence-corrected chi connectivity index (χ0v) is 9.74. The van der Waals surface area contributed by atoms with Crippen molar-refractivity contribution in [1.82, 2.24) is 0 Å². The number of epoxide rings is 1. The van der Waals surface area contributed by atoms with Gasteiger partial charge in [-0.25, -0.2) is 0 Å². The molecule has 2 rings (SSSR count). The van der Waals surface area contributed by atoms with Crippen LogP contribution < -0.4 is 0 Å². The average Bonchev–Trinajstić information content (AvgIpc) is 3.12. The van der Waals surface area contributed by atoms with Crippen LogP contribution in [0, 0.1) is 0 Å². The number of rotatable bonds is 6. The lowest BCUT2D eigenvalue weighted by atomic mass is 10.4. The van der Waals surface area contributed by atoms with Gasteiger partial charge < -0.3 is 9.47 Å². The molecule has 0 radical (unpaired) electrons. The fraction of sp³-hybridized carbons (Fsp3) is 0.417. The Balaban J connectivity index is 1.58. The van der Waals surface area contributed by atoms with Gasteiger partial charge in [-0.05, 0) is 12.1 Å². The summed E-state index contributed by atoms with van der Waals surface area (Å²) < 4.78 is 9.98. The minimum Gasteiger partial charge on any atom is -0.463 e. The van der Waals surface area contributed by atoms with Crippen LogP contribution in [-0.2, 0) is 14.3 Å². The van der Waals surface area contributed by atoms with Gasteiger partial charge in [0.1, 0.15) is 12.7 Å². The molecule has 0 saturated carbocycles. The van der Waals surface area contributed by atoms with Crippen molar-refractivity contribution in [2.24, 2.45) is 0 Å². The Labute approximate surface area is 99.1 Å². The van der Waals surface area contributed by atoms with E-state index in [1.165, 1.54) is 4.90 Å². The zero-order valence-electron chi connectivity index (χ0n) is 8.93. The summed E-state index contributed by atoms with van der Waals surface area (Å²) >= 11 is 1.67. The van der Waals surface area contributed by atoms with Gasteiger partial charge in [0.05, 0.1) is 13.0 Å². The lowest BCUT2D eigenvalue weighted by Gasteiger charge is -2.02. The van der Waals surface area contributed by atoms with E-state index in [0.717, 1.165) is 12.4 Å².